The Balaban J connectivity index is 1.84. The second-order valence-corrected chi connectivity index (χ2v) is 7.16. The number of nitrogens with zero attached hydrogens (tertiary/aromatic N) is 1. The van der Waals surface area contributed by atoms with E-state index in [0.717, 1.165) is 0 Å². The van der Waals surface area contributed by atoms with Gasteiger partial charge in [0.2, 0.25) is 10.0 Å². The van der Waals surface area contributed by atoms with Crippen LogP contribution >= 0.6 is 12.2 Å². The highest BCUT2D eigenvalue weighted by Crippen LogP contribution is 2.18. The SMILES string of the molecule is NC(=S)c1ccccc1OCCCN1CCCS1(=O)=O. The molecule has 1 aliphatic heterocycles. The molecule has 1 aromatic carbocycles. The number of para-hydroxylation sites is 1. The fraction of sp³-hybridized carbons (Fsp3) is 0.462. The number of rotatable bonds is 6. The third kappa shape index (κ3) is 3.68. The van der Waals surface area contributed by atoms with Gasteiger partial charge in [0, 0.05) is 13.1 Å². The van der Waals surface area contributed by atoms with E-state index < -0.39 is 10.0 Å². The van der Waals surface area contributed by atoms with Gasteiger partial charge in [-0.2, -0.15) is 0 Å². The van der Waals surface area contributed by atoms with Crippen LogP contribution in [0, 0.1) is 0 Å². The normalized spacial score (nSPS) is 18.0. The lowest BCUT2D eigenvalue weighted by Gasteiger charge is -2.15. The summed E-state index contributed by atoms with van der Waals surface area (Å²) in [5.74, 6) is 0.905. The van der Waals surface area contributed by atoms with Crippen molar-refractivity contribution in [3.8, 4) is 5.75 Å². The maximum atomic E-state index is 11.6. The Morgan fingerprint density at radius 1 is 1.40 bits per heavy atom. The molecule has 2 N–H and O–H groups in total. The number of hydrogen-bond acceptors (Lipinski definition) is 4. The van der Waals surface area contributed by atoms with Gasteiger partial charge in [-0.15, -0.1) is 0 Å². The molecular weight excluding hydrogens is 296 g/mol. The van der Waals surface area contributed by atoms with Crippen molar-refractivity contribution in [2.75, 3.05) is 25.4 Å². The van der Waals surface area contributed by atoms with E-state index in [0.29, 0.717) is 48.8 Å². The molecule has 5 nitrogen and oxygen atoms in total. The van der Waals surface area contributed by atoms with Gasteiger partial charge in [-0.1, -0.05) is 24.4 Å². The third-order valence-corrected chi connectivity index (χ3v) is 5.34. The highest BCUT2D eigenvalue weighted by Gasteiger charge is 2.27. The predicted octanol–water partition coefficient (Wildman–Crippen LogP) is 1.13. The van der Waals surface area contributed by atoms with Crippen molar-refractivity contribution in [1.82, 2.24) is 4.31 Å². The molecule has 0 radical (unpaired) electrons. The lowest BCUT2D eigenvalue weighted by molar-refractivity contribution is 0.292. The Morgan fingerprint density at radius 3 is 2.80 bits per heavy atom. The fourth-order valence-electron chi connectivity index (χ4n) is 2.16. The first-order valence-corrected chi connectivity index (χ1v) is 8.52. The Hall–Kier alpha value is -1.18. The molecule has 1 saturated heterocycles. The van der Waals surface area contributed by atoms with Crippen LogP contribution in [-0.2, 0) is 10.0 Å². The molecule has 1 aliphatic rings. The summed E-state index contributed by atoms with van der Waals surface area (Å²) in [6.45, 7) is 1.55. The van der Waals surface area contributed by atoms with E-state index in [4.69, 9.17) is 22.7 Å². The summed E-state index contributed by atoms with van der Waals surface area (Å²) in [6, 6.07) is 7.31. The minimum absolute atomic E-state index is 0.262. The van der Waals surface area contributed by atoms with Gasteiger partial charge in [0.25, 0.3) is 0 Å². The maximum absolute atomic E-state index is 11.6. The number of hydrogen-bond donors (Lipinski definition) is 1. The highest BCUT2D eigenvalue weighted by molar-refractivity contribution is 7.89. The lowest BCUT2D eigenvalue weighted by atomic mass is 10.2. The summed E-state index contributed by atoms with van der Waals surface area (Å²) in [7, 11) is -3.02. The van der Waals surface area contributed by atoms with Crippen LogP contribution in [-0.4, -0.2) is 43.2 Å². The van der Waals surface area contributed by atoms with Gasteiger partial charge in [-0.3, -0.25) is 0 Å². The molecule has 0 amide bonds. The van der Waals surface area contributed by atoms with E-state index >= 15 is 0 Å². The number of benzene rings is 1. The molecule has 110 valence electrons. The van der Waals surface area contributed by atoms with E-state index in [2.05, 4.69) is 0 Å². The van der Waals surface area contributed by atoms with Gasteiger partial charge < -0.3 is 10.5 Å². The summed E-state index contributed by atoms with van der Waals surface area (Å²) >= 11 is 4.96. The zero-order chi connectivity index (χ0) is 14.6. The average Bonchev–Trinajstić information content (AvgIpc) is 2.74. The molecule has 2 rings (SSSR count). The van der Waals surface area contributed by atoms with Crippen LogP contribution in [0.1, 0.15) is 18.4 Å². The Labute approximate surface area is 124 Å². The first kappa shape index (κ1) is 15.2. The number of nitrogens with two attached hydrogens (primary N) is 1. The predicted molar refractivity (Wildman–Crippen MR) is 82.4 cm³/mol. The van der Waals surface area contributed by atoms with E-state index in [1.165, 1.54) is 4.31 Å². The van der Waals surface area contributed by atoms with Crippen LogP contribution in [0.4, 0.5) is 0 Å². The summed E-state index contributed by atoms with van der Waals surface area (Å²) in [5.41, 5.74) is 6.32. The Kier molecular flexibility index (Phi) is 4.95. The second kappa shape index (κ2) is 6.51. The molecule has 0 spiro atoms. The van der Waals surface area contributed by atoms with Gasteiger partial charge in [0.15, 0.2) is 0 Å². The minimum atomic E-state index is -3.02. The molecule has 7 heteroatoms. The summed E-state index contributed by atoms with van der Waals surface area (Å²) in [5, 5.41) is 0. The van der Waals surface area contributed by atoms with E-state index in [9.17, 15) is 8.42 Å². The third-order valence-electron chi connectivity index (χ3n) is 3.17. The topological polar surface area (TPSA) is 72.6 Å². The van der Waals surface area contributed by atoms with Gasteiger partial charge in [-0.05, 0) is 25.0 Å². The van der Waals surface area contributed by atoms with Crippen molar-refractivity contribution < 1.29 is 13.2 Å². The van der Waals surface area contributed by atoms with Crippen molar-refractivity contribution in [3.63, 3.8) is 0 Å². The van der Waals surface area contributed by atoms with Crippen LogP contribution in [0.25, 0.3) is 0 Å². The summed E-state index contributed by atoms with van der Waals surface area (Å²) < 4.78 is 30.4. The van der Waals surface area contributed by atoms with E-state index in [1.807, 2.05) is 18.2 Å². The Morgan fingerprint density at radius 2 is 2.15 bits per heavy atom. The molecule has 0 bridgehead atoms. The standard InChI is InChI=1S/C13H18N2O3S2/c14-13(19)11-5-1-2-6-12(11)18-9-3-7-15-8-4-10-20(15,16)17/h1-2,5-6H,3-4,7-10H2,(H2,14,19). The molecule has 0 saturated carbocycles. The molecule has 0 atom stereocenters. The second-order valence-electron chi connectivity index (χ2n) is 4.63. The molecule has 1 aromatic rings. The molecule has 0 aliphatic carbocycles. The van der Waals surface area contributed by atoms with Gasteiger partial charge >= 0.3 is 0 Å². The molecule has 1 heterocycles. The van der Waals surface area contributed by atoms with Gasteiger partial charge in [0.1, 0.15) is 10.7 Å². The van der Waals surface area contributed by atoms with Crippen LogP contribution in [0.5, 0.6) is 5.75 Å². The molecule has 1 fully saturated rings. The first-order valence-electron chi connectivity index (χ1n) is 6.50. The quantitative estimate of drug-likeness (QED) is 0.629. The van der Waals surface area contributed by atoms with E-state index in [1.54, 1.807) is 6.07 Å². The van der Waals surface area contributed by atoms with Gasteiger partial charge in [0.05, 0.1) is 17.9 Å². The smallest absolute Gasteiger partial charge is 0.214 e. The van der Waals surface area contributed by atoms with Crippen LogP contribution in [0.2, 0.25) is 0 Å². The van der Waals surface area contributed by atoms with Crippen LogP contribution in [0.3, 0.4) is 0 Å². The molecule has 0 unspecified atom stereocenters. The minimum Gasteiger partial charge on any atom is -0.493 e. The van der Waals surface area contributed by atoms with Crippen molar-refractivity contribution in [2.24, 2.45) is 5.73 Å². The van der Waals surface area contributed by atoms with Gasteiger partial charge in [-0.25, -0.2) is 12.7 Å². The summed E-state index contributed by atoms with van der Waals surface area (Å²) in [4.78, 5) is 0.294. The largest absolute Gasteiger partial charge is 0.493 e. The molecule has 0 aromatic heterocycles. The Bertz CT molecular complexity index is 587. The molecular formula is C13H18N2O3S2. The molecule has 20 heavy (non-hydrogen) atoms. The summed E-state index contributed by atoms with van der Waals surface area (Å²) in [6.07, 6.45) is 1.36. The zero-order valence-corrected chi connectivity index (χ0v) is 12.8. The number of ether oxygens (including phenoxy) is 1. The monoisotopic (exact) mass is 314 g/mol. The lowest BCUT2D eigenvalue weighted by Crippen LogP contribution is -2.27. The van der Waals surface area contributed by atoms with E-state index in [-0.39, 0.29) is 5.75 Å². The fourth-order valence-corrected chi connectivity index (χ4v) is 3.90. The van der Waals surface area contributed by atoms with Crippen LogP contribution < -0.4 is 10.5 Å². The highest BCUT2D eigenvalue weighted by atomic mass is 32.2. The van der Waals surface area contributed by atoms with Crippen LogP contribution in [0.15, 0.2) is 24.3 Å². The van der Waals surface area contributed by atoms with Crippen molar-refractivity contribution >= 4 is 27.2 Å². The van der Waals surface area contributed by atoms with Crippen molar-refractivity contribution in [2.45, 2.75) is 12.8 Å². The van der Waals surface area contributed by atoms with Crippen molar-refractivity contribution in [3.05, 3.63) is 29.8 Å². The first-order chi connectivity index (χ1) is 9.50. The average molecular weight is 314 g/mol. The van der Waals surface area contributed by atoms with Crippen molar-refractivity contribution in [1.29, 1.82) is 0 Å². The number of sulfonamides is 1. The maximum Gasteiger partial charge on any atom is 0.214 e. The number of thiocarbonyl (C=S) groups is 1. The zero-order valence-electron chi connectivity index (χ0n) is 11.1.